The Labute approximate surface area is 163 Å². The molecule has 0 spiro atoms. The van der Waals surface area contributed by atoms with Crippen LogP contribution in [0.15, 0.2) is 60.8 Å². The summed E-state index contributed by atoms with van der Waals surface area (Å²) < 4.78 is 5.82. The summed E-state index contributed by atoms with van der Waals surface area (Å²) in [5.41, 5.74) is 6.71. The van der Waals surface area contributed by atoms with Gasteiger partial charge in [-0.1, -0.05) is 18.2 Å². The molecule has 0 radical (unpaired) electrons. The summed E-state index contributed by atoms with van der Waals surface area (Å²) in [7, 11) is 0. The minimum atomic E-state index is -0.327. The molecule has 1 heterocycles. The fourth-order valence-electron chi connectivity index (χ4n) is 2.85. The number of ketones is 1. The summed E-state index contributed by atoms with van der Waals surface area (Å²) in [6.07, 6.45) is 1.72. The average Bonchev–Trinajstić information content (AvgIpc) is 2.72. The van der Waals surface area contributed by atoms with Crippen molar-refractivity contribution in [3.63, 3.8) is 0 Å². The van der Waals surface area contributed by atoms with E-state index < -0.39 is 0 Å². The molecule has 6 heteroatoms. The first-order chi connectivity index (χ1) is 13.5. The van der Waals surface area contributed by atoms with Crippen molar-refractivity contribution < 1.29 is 14.3 Å². The molecule has 0 atom stereocenters. The fraction of sp³-hybridized carbons (Fsp3) is 0.136. The third kappa shape index (κ3) is 4.42. The number of Topliss-reactive ketones (excluding diaryl/α,β-unsaturated/α-hetero) is 1. The highest BCUT2D eigenvalue weighted by Crippen LogP contribution is 2.22. The molecule has 2 aromatic carbocycles. The van der Waals surface area contributed by atoms with Crippen molar-refractivity contribution in [2.45, 2.75) is 20.5 Å². The molecule has 0 bridgehead atoms. The molecule has 3 rings (SSSR count). The van der Waals surface area contributed by atoms with Gasteiger partial charge in [-0.25, -0.2) is 5.84 Å². The number of rotatable bonds is 6. The van der Waals surface area contributed by atoms with Crippen molar-refractivity contribution in [2.75, 3.05) is 0 Å². The van der Waals surface area contributed by atoms with Crippen molar-refractivity contribution in [1.82, 2.24) is 10.4 Å². The second-order valence-electron chi connectivity index (χ2n) is 6.43. The molecule has 3 aromatic rings. The minimum absolute atomic E-state index is 0.00113. The van der Waals surface area contributed by atoms with Gasteiger partial charge in [0.15, 0.2) is 5.78 Å². The lowest BCUT2D eigenvalue weighted by Crippen LogP contribution is -2.30. The molecule has 0 unspecified atom stereocenters. The highest BCUT2D eigenvalue weighted by Gasteiger charge is 2.10. The van der Waals surface area contributed by atoms with Crippen molar-refractivity contribution in [3.8, 4) is 17.0 Å². The first-order valence-electron chi connectivity index (χ1n) is 8.78. The Bertz CT molecular complexity index is 1030. The van der Waals surface area contributed by atoms with Crippen molar-refractivity contribution >= 4 is 11.7 Å². The molecule has 142 valence electrons. The van der Waals surface area contributed by atoms with Gasteiger partial charge in [0.05, 0.1) is 5.69 Å². The zero-order chi connectivity index (χ0) is 20.1. The van der Waals surface area contributed by atoms with Crippen LogP contribution in [0, 0.1) is 6.92 Å². The lowest BCUT2D eigenvalue weighted by molar-refractivity contribution is 0.0952. The minimum Gasteiger partial charge on any atom is -0.489 e. The van der Waals surface area contributed by atoms with Crippen LogP contribution in [0.4, 0.5) is 0 Å². The number of hydrogen-bond donors (Lipinski definition) is 2. The zero-order valence-electron chi connectivity index (χ0n) is 15.7. The van der Waals surface area contributed by atoms with Gasteiger partial charge in [0, 0.05) is 22.9 Å². The van der Waals surface area contributed by atoms with Crippen LogP contribution in [0.5, 0.6) is 5.75 Å². The molecule has 0 aliphatic carbocycles. The maximum absolute atomic E-state index is 11.7. The summed E-state index contributed by atoms with van der Waals surface area (Å²) in [4.78, 5) is 27.6. The van der Waals surface area contributed by atoms with E-state index in [-0.39, 0.29) is 11.7 Å². The number of ether oxygens (including phenoxy) is 1. The maximum atomic E-state index is 11.7. The summed E-state index contributed by atoms with van der Waals surface area (Å²) in [6, 6.07) is 16.4. The number of aryl methyl sites for hydroxylation is 1. The average molecular weight is 375 g/mol. The molecular formula is C22H21N3O3. The van der Waals surface area contributed by atoms with E-state index in [9.17, 15) is 9.59 Å². The number of benzene rings is 2. The predicted molar refractivity (Wildman–Crippen MR) is 107 cm³/mol. The van der Waals surface area contributed by atoms with Gasteiger partial charge in [-0.15, -0.1) is 0 Å². The number of carbonyl (C=O) groups is 2. The van der Waals surface area contributed by atoms with Crippen molar-refractivity contribution in [1.29, 1.82) is 0 Å². The Hall–Kier alpha value is -3.51. The summed E-state index contributed by atoms with van der Waals surface area (Å²) in [5.74, 6) is 5.51. The lowest BCUT2D eigenvalue weighted by Gasteiger charge is -2.10. The smallest absolute Gasteiger partial charge is 0.265 e. The summed E-state index contributed by atoms with van der Waals surface area (Å²) >= 11 is 0. The van der Waals surface area contributed by atoms with Gasteiger partial charge in [0.25, 0.3) is 5.91 Å². The Morgan fingerprint density at radius 3 is 2.64 bits per heavy atom. The maximum Gasteiger partial charge on any atom is 0.265 e. The lowest BCUT2D eigenvalue weighted by atomic mass is 10.0. The molecule has 0 saturated heterocycles. The number of hydrazine groups is 1. The second-order valence-corrected chi connectivity index (χ2v) is 6.43. The standard InChI is InChI=1S/C22H21N3O3/c1-14-10-18(6-7-20(14)22(27)25-23)21-11-16(8-9-24-21)13-28-19-5-3-4-17(12-19)15(2)26/h3-12H,13,23H2,1-2H3,(H,25,27). The van der Waals surface area contributed by atoms with Gasteiger partial charge in [-0.05, 0) is 61.4 Å². The molecule has 0 saturated carbocycles. The van der Waals surface area contributed by atoms with Gasteiger partial charge in [0.2, 0.25) is 0 Å². The highest BCUT2D eigenvalue weighted by atomic mass is 16.5. The van der Waals surface area contributed by atoms with Crippen LogP contribution >= 0.6 is 0 Å². The number of nitrogens with two attached hydrogens (primary N) is 1. The van der Waals surface area contributed by atoms with Crippen LogP contribution in [0.2, 0.25) is 0 Å². The second kappa shape index (κ2) is 8.45. The molecule has 1 amide bonds. The third-order valence-corrected chi connectivity index (χ3v) is 4.37. The summed E-state index contributed by atoms with van der Waals surface area (Å²) in [6.45, 7) is 3.73. The first kappa shape index (κ1) is 19.3. The SMILES string of the molecule is CC(=O)c1cccc(OCc2ccnc(-c3ccc(C(=O)NN)c(C)c3)c2)c1. The quantitative estimate of drug-likeness (QED) is 0.298. The van der Waals surface area contributed by atoms with E-state index in [4.69, 9.17) is 10.6 Å². The van der Waals surface area contributed by atoms with Crippen LogP contribution in [0.25, 0.3) is 11.3 Å². The van der Waals surface area contributed by atoms with Gasteiger partial charge in [-0.2, -0.15) is 0 Å². The van der Waals surface area contributed by atoms with Crippen LogP contribution in [-0.2, 0) is 6.61 Å². The number of nitrogens with zero attached hydrogens (tertiary/aromatic N) is 1. The predicted octanol–water partition coefficient (Wildman–Crippen LogP) is 3.44. The highest BCUT2D eigenvalue weighted by molar-refractivity contribution is 5.95. The van der Waals surface area contributed by atoms with E-state index in [1.54, 1.807) is 30.5 Å². The van der Waals surface area contributed by atoms with Gasteiger partial charge in [0.1, 0.15) is 12.4 Å². The Kier molecular flexibility index (Phi) is 5.81. The molecule has 0 aliphatic rings. The van der Waals surface area contributed by atoms with Crippen LogP contribution in [-0.4, -0.2) is 16.7 Å². The van der Waals surface area contributed by atoms with E-state index in [1.807, 2.05) is 37.3 Å². The number of hydrogen-bond acceptors (Lipinski definition) is 5. The first-order valence-corrected chi connectivity index (χ1v) is 8.78. The normalized spacial score (nSPS) is 10.4. The molecule has 0 fully saturated rings. The topological polar surface area (TPSA) is 94.3 Å². The van der Waals surface area contributed by atoms with Crippen LogP contribution < -0.4 is 16.0 Å². The fourth-order valence-corrected chi connectivity index (χ4v) is 2.85. The number of carbonyl (C=O) groups excluding carboxylic acids is 2. The van der Waals surface area contributed by atoms with E-state index in [2.05, 4.69) is 10.4 Å². The van der Waals surface area contributed by atoms with E-state index in [0.717, 1.165) is 22.4 Å². The molecule has 1 aromatic heterocycles. The molecule has 6 nitrogen and oxygen atoms in total. The Morgan fingerprint density at radius 2 is 1.93 bits per heavy atom. The Morgan fingerprint density at radius 1 is 1.11 bits per heavy atom. The van der Waals surface area contributed by atoms with Crippen molar-refractivity contribution in [2.24, 2.45) is 5.84 Å². The molecular weight excluding hydrogens is 354 g/mol. The number of aromatic nitrogens is 1. The third-order valence-electron chi connectivity index (χ3n) is 4.37. The van der Waals surface area contributed by atoms with Gasteiger partial charge >= 0.3 is 0 Å². The van der Waals surface area contributed by atoms with Crippen molar-refractivity contribution in [3.05, 3.63) is 83.0 Å². The summed E-state index contributed by atoms with van der Waals surface area (Å²) in [5, 5.41) is 0. The van der Waals surface area contributed by atoms with E-state index in [1.165, 1.54) is 6.92 Å². The number of pyridine rings is 1. The largest absolute Gasteiger partial charge is 0.489 e. The zero-order valence-corrected chi connectivity index (χ0v) is 15.7. The van der Waals surface area contributed by atoms with E-state index >= 15 is 0 Å². The molecule has 28 heavy (non-hydrogen) atoms. The molecule has 0 aliphatic heterocycles. The number of amides is 1. The number of nitrogens with one attached hydrogen (secondary N) is 1. The van der Waals surface area contributed by atoms with E-state index in [0.29, 0.717) is 23.5 Å². The van der Waals surface area contributed by atoms with Crippen LogP contribution in [0.1, 0.15) is 38.8 Å². The monoisotopic (exact) mass is 375 g/mol. The Balaban J connectivity index is 1.77. The van der Waals surface area contributed by atoms with Crippen LogP contribution in [0.3, 0.4) is 0 Å². The molecule has 3 N–H and O–H groups in total. The van der Waals surface area contributed by atoms with Gasteiger partial charge in [-0.3, -0.25) is 20.0 Å². The number of nitrogen functional groups attached to an aromatic ring is 1. The van der Waals surface area contributed by atoms with Gasteiger partial charge < -0.3 is 4.74 Å².